The van der Waals surface area contributed by atoms with Gasteiger partial charge in [0.2, 0.25) is 0 Å². The molecule has 0 bridgehead atoms. The molecule has 0 unspecified atom stereocenters. The highest BCUT2D eigenvalue weighted by Gasteiger charge is 2.04. The molecule has 1 aromatic carbocycles. The molecule has 0 saturated heterocycles. The van der Waals surface area contributed by atoms with E-state index in [1.807, 2.05) is 6.07 Å². The first-order valence-electron chi connectivity index (χ1n) is 6.01. The third-order valence-corrected chi connectivity index (χ3v) is 2.49. The number of anilines is 1. The summed E-state index contributed by atoms with van der Waals surface area (Å²) in [5.74, 6) is 0. The molecule has 1 N–H and O–H groups in total. The predicted octanol–water partition coefficient (Wildman–Crippen LogP) is 1.26. The van der Waals surface area contributed by atoms with Crippen molar-refractivity contribution < 1.29 is 13.9 Å². The molecule has 0 radical (unpaired) electrons. The highest BCUT2D eigenvalue weighted by molar-refractivity contribution is 5.77. The largest absolute Gasteiger partial charge is 0.389 e. The molecular formula is C13H16N2O4. The van der Waals surface area contributed by atoms with Crippen molar-refractivity contribution >= 4 is 16.9 Å². The van der Waals surface area contributed by atoms with Gasteiger partial charge in [0.15, 0.2) is 0 Å². The highest BCUT2D eigenvalue weighted by Crippen LogP contribution is 2.09. The highest BCUT2D eigenvalue weighted by atomic mass is 16.5. The summed E-state index contributed by atoms with van der Waals surface area (Å²) in [7, 11) is 1.62. The third kappa shape index (κ3) is 3.77. The molecule has 0 aliphatic heterocycles. The second kappa shape index (κ2) is 6.86. The van der Waals surface area contributed by atoms with E-state index >= 15 is 0 Å². The van der Waals surface area contributed by atoms with Gasteiger partial charge in [-0.15, -0.1) is 0 Å². The lowest BCUT2D eigenvalue weighted by molar-refractivity contribution is 0.0757. The van der Waals surface area contributed by atoms with Gasteiger partial charge in [-0.2, -0.15) is 4.98 Å². The fourth-order valence-corrected chi connectivity index (χ4v) is 1.57. The van der Waals surface area contributed by atoms with Crippen molar-refractivity contribution in [1.82, 2.24) is 4.98 Å². The van der Waals surface area contributed by atoms with E-state index in [9.17, 15) is 4.79 Å². The van der Waals surface area contributed by atoms with Crippen molar-refractivity contribution in [3.8, 4) is 0 Å². The number of nitrogens with zero attached hydrogens (tertiary/aromatic N) is 1. The van der Waals surface area contributed by atoms with Crippen LogP contribution in [0, 0.1) is 0 Å². The molecule has 1 heterocycles. The fraction of sp³-hybridized carbons (Fsp3) is 0.385. The van der Waals surface area contributed by atoms with Gasteiger partial charge in [-0.3, -0.25) is 0 Å². The maximum atomic E-state index is 11.7. The van der Waals surface area contributed by atoms with E-state index < -0.39 is 5.63 Å². The molecular weight excluding hydrogens is 248 g/mol. The summed E-state index contributed by atoms with van der Waals surface area (Å²) < 4.78 is 15.2. The number of ether oxygens (including phenoxy) is 2. The Morgan fingerprint density at radius 3 is 2.95 bits per heavy atom. The molecule has 0 spiro atoms. The van der Waals surface area contributed by atoms with Crippen LogP contribution in [-0.4, -0.2) is 38.5 Å². The van der Waals surface area contributed by atoms with Crippen LogP contribution in [0.1, 0.15) is 0 Å². The van der Waals surface area contributed by atoms with Crippen molar-refractivity contribution in [3.63, 3.8) is 0 Å². The number of rotatable bonds is 7. The summed E-state index contributed by atoms with van der Waals surface area (Å²) in [5.41, 5.74) is 0.218. The quantitative estimate of drug-likeness (QED) is 0.759. The summed E-state index contributed by atoms with van der Waals surface area (Å²) in [6.07, 6.45) is 0. The lowest BCUT2D eigenvalue weighted by atomic mass is 10.2. The van der Waals surface area contributed by atoms with E-state index in [0.717, 1.165) is 0 Å². The van der Waals surface area contributed by atoms with Gasteiger partial charge in [-0.05, 0) is 12.1 Å². The van der Waals surface area contributed by atoms with Crippen LogP contribution in [0.5, 0.6) is 0 Å². The SMILES string of the molecule is COCCOCCNc1nc2ccccc2c(=O)o1. The zero-order valence-electron chi connectivity index (χ0n) is 10.7. The van der Waals surface area contributed by atoms with Gasteiger partial charge in [0, 0.05) is 13.7 Å². The Balaban J connectivity index is 1.92. The lowest BCUT2D eigenvalue weighted by Gasteiger charge is -2.05. The van der Waals surface area contributed by atoms with Crippen LogP contribution in [0.4, 0.5) is 6.01 Å². The fourth-order valence-electron chi connectivity index (χ4n) is 1.57. The number of methoxy groups -OCH3 is 1. The minimum atomic E-state index is -0.395. The van der Waals surface area contributed by atoms with Gasteiger partial charge in [-0.1, -0.05) is 12.1 Å². The average Bonchev–Trinajstić information content (AvgIpc) is 2.43. The Morgan fingerprint density at radius 1 is 1.26 bits per heavy atom. The van der Waals surface area contributed by atoms with Gasteiger partial charge in [-0.25, -0.2) is 4.79 Å². The predicted molar refractivity (Wildman–Crippen MR) is 71.5 cm³/mol. The van der Waals surface area contributed by atoms with Crippen LogP contribution in [0.25, 0.3) is 10.9 Å². The average molecular weight is 264 g/mol. The number of nitrogens with one attached hydrogen (secondary N) is 1. The lowest BCUT2D eigenvalue weighted by Crippen LogP contribution is -2.14. The second-order valence-electron chi connectivity index (χ2n) is 3.86. The minimum Gasteiger partial charge on any atom is -0.389 e. The molecule has 6 heteroatoms. The van der Waals surface area contributed by atoms with E-state index in [0.29, 0.717) is 37.3 Å². The molecule has 102 valence electrons. The van der Waals surface area contributed by atoms with Gasteiger partial charge >= 0.3 is 5.63 Å². The molecule has 6 nitrogen and oxygen atoms in total. The van der Waals surface area contributed by atoms with Crippen LogP contribution >= 0.6 is 0 Å². The molecule has 19 heavy (non-hydrogen) atoms. The Morgan fingerprint density at radius 2 is 2.11 bits per heavy atom. The standard InChI is InChI=1S/C13H16N2O4/c1-17-8-9-18-7-6-14-13-15-11-5-3-2-4-10(11)12(16)19-13/h2-5H,6-9H2,1H3,(H,14,15). The first-order valence-corrected chi connectivity index (χ1v) is 6.01. The van der Waals surface area contributed by atoms with Gasteiger partial charge in [0.05, 0.1) is 30.7 Å². The first-order chi connectivity index (χ1) is 9.31. The zero-order valence-corrected chi connectivity index (χ0v) is 10.7. The zero-order chi connectivity index (χ0) is 13.5. The molecule has 0 aliphatic rings. The monoisotopic (exact) mass is 264 g/mol. The van der Waals surface area contributed by atoms with E-state index in [1.54, 1.807) is 25.3 Å². The topological polar surface area (TPSA) is 73.6 Å². The maximum absolute atomic E-state index is 11.7. The van der Waals surface area contributed by atoms with Crippen molar-refractivity contribution in [2.45, 2.75) is 0 Å². The van der Waals surface area contributed by atoms with Gasteiger partial charge in [0.25, 0.3) is 6.01 Å². The van der Waals surface area contributed by atoms with E-state index in [2.05, 4.69) is 10.3 Å². The molecule has 0 fully saturated rings. The molecule has 0 amide bonds. The first kappa shape index (κ1) is 13.5. The number of fused-ring (bicyclic) bond motifs is 1. The van der Waals surface area contributed by atoms with Gasteiger partial charge < -0.3 is 19.2 Å². The normalized spacial score (nSPS) is 10.8. The third-order valence-electron chi connectivity index (χ3n) is 2.49. The Bertz CT molecular complexity index is 582. The van der Waals surface area contributed by atoms with Crippen LogP contribution in [0.2, 0.25) is 0 Å². The number of hydrogen-bond acceptors (Lipinski definition) is 6. The molecule has 2 aromatic rings. The number of benzene rings is 1. The Labute approximate surface area is 110 Å². The van der Waals surface area contributed by atoms with E-state index in [1.165, 1.54) is 0 Å². The summed E-state index contributed by atoms with van der Waals surface area (Å²) in [6, 6.07) is 7.27. The Hall–Kier alpha value is -1.92. The maximum Gasteiger partial charge on any atom is 0.348 e. The van der Waals surface area contributed by atoms with E-state index in [-0.39, 0.29) is 6.01 Å². The van der Waals surface area contributed by atoms with Crippen LogP contribution < -0.4 is 10.9 Å². The summed E-state index contributed by atoms with van der Waals surface area (Å²) in [4.78, 5) is 15.9. The molecule has 1 aromatic heterocycles. The van der Waals surface area contributed by atoms with Crippen molar-refractivity contribution in [2.24, 2.45) is 0 Å². The van der Waals surface area contributed by atoms with Crippen molar-refractivity contribution in [2.75, 3.05) is 38.8 Å². The van der Waals surface area contributed by atoms with Gasteiger partial charge in [0.1, 0.15) is 0 Å². The number of aromatic nitrogens is 1. The number of para-hydroxylation sites is 1. The summed E-state index contributed by atoms with van der Waals surface area (Å²) in [5, 5.41) is 3.39. The molecule has 0 atom stereocenters. The second-order valence-corrected chi connectivity index (χ2v) is 3.86. The van der Waals surface area contributed by atoms with E-state index in [4.69, 9.17) is 13.9 Å². The van der Waals surface area contributed by atoms with Crippen LogP contribution in [-0.2, 0) is 9.47 Å². The van der Waals surface area contributed by atoms with Crippen LogP contribution in [0.3, 0.4) is 0 Å². The number of hydrogen-bond donors (Lipinski definition) is 1. The minimum absolute atomic E-state index is 0.207. The Kier molecular flexibility index (Phi) is 4.88. The molecule has 0 aliphatic carbocycles. The smallest absolute Gasteiger partial charge is 0.348 e. The molecule has 2 rings (SSSR count). The summed E-state index contributed by atoms with van der Waals surface area (Å²) >= 11 is 0. The van der Waals surface area contributed by atoms with Crippen molar-refractivity contribution in [1.29, 1.82) is 0 Å². The summed E-state index contributed by atoms with van der Waals surface area (Å²) in [6.45, 7) is 2.09. The van der Waals surface area contributed by atoms with Crippen LogP contribution in [0.15, 0.2) is 33.5 Å². The van der Waals surface area contributed by atoms with Crippen molar-refractivity contribution in [3.05, 3.63) is 34.7 Å². The molecule has 0 saturated carbocycles.